The van der Waals surface area contributed by atoms with Crippen LogP contribution in [0.1, 0.15) is 11.6 Å². The molecule has 1 aromatic heterocycles. The van der Waals surface area contributed by atoms with Crippen molar-refractivity contribution in [3.05, 3.63) is 90.5 Å². The normalized spacial score (nSPS) is 17.2. The summed E-state index contributed by atoms with van der Waals surface area (Å²) in [4.78, 5) is 13.4. The lowest BCUT2D eigenvalue weighted by Gasteiger charge is -2.33. The lowest BCUT2D eigenvalue weighted by atomic mass is 10.0. The van der Waals surface area contributed by atoms with Crippen LogP contribution < -0.4 is 15.5 Å². The number of nitrogens with zero attached hydrogens (tertiary/aromatic N) is 3. The maximum Gasteiger partial charge on any atom is 0.240 e. The zero-order valence-electron chi connectivity index (χ0n) is 17.3. The number of fused-ring (bicyclic) bond motifs is 1. The van der Waals surface area contributed by atoms with Crippen molar-refractivity contribution in [3.8, 4) is 17.1 Å². The molecule has 32 heavy (non-hydrogen) atoms. The van der Waals surface area contributed by atoms with Gasteiger partial charge in [-0.3, -0.25) is 4.79 Å². The first-order valence-corrected chi connectivity index (χ1v) is 11.1. The van der Waals surface area contributed by atoms with Gasteiger partial charge >= 0.3 is 0 Å². The predicted molar refractivity (Wildman–Crippen MR) is 125 cm³/mol. The highest BCUT2D eigenvalue weighted by Crippen LogP contribution is 2.39. The van der Waals surface area contributed by atoms with Gasteiger partial charge in [-0.05, 0) is 17.7 Å². The van der Waals surface area contributed by atoms with Gasteiger partial charge in [0.1, 0.15) is 11.0 Å². The molecule has 0 spiro atoms. The Balaban J connectivity index is 1.51. The molecule has 1 amide bonds. The molecule has 0 radical (unpaired) electrons. The Bertz CT molecular complexity index is 1230. The van der Waals surface area contributed by atoms with Gasteiger partial charge in [0.15, 0.2) is 5.82 Å². The Kier molecular flexibility index (Phi) is 5.51. The number of thioether (sulfide) groups is 1. The molecule has 0 saturated carbocycles. The number of anilines is 1. The molecule has 160 valence electrons. The fourth-order valence-electron chi connectivity index (χ4n) is 3.69. The summed E-state index contributed by atoms with van der Waals surface area (Å²) < 4.78 is 7.26. The van der Waals surface area contributed by atoms with E-state index in [2.05, 4.69) is 20.9 Å². The van der Waals surface area contributed by atoms with Crippen LogP contribution in [0.2, 0.25) is 0 Å². The number of para-hydroxylation sites is 2. The maximum atomic E-state index is 13.4. The summed E-state index contributed by atoms with van der Waals surface area (Å²) in [5.41, 5.74) is 6.06. The molecule has 0 saturated heterocycles. The standard InChI is InChI=1S/C24H21N5O2S/c1-31-19-15-9-8-14-18(19)25-23(30)21-20(16-10-4-2-5-11-16)28-29-22(26-27-24(29)32-21)17-12-6-3-7-13-17/h2-15,20-21,28H,1H3,(H,25,30). The fourth-order valence-corrected chi connectivity index (χ4v) is 4.77. The molecule has 2 unspecified atom stereocenters. The molecular weight excluding hydrogens is 422 g/mol. The van der Waals surface area contributed by atoms with Crippen LogP contribution in [0, 0.1) is 0 Å². The molecule has 0 bridgehead atoms. The van der Waals surface area contributed by atoms with Crippen LogP contribution in [0.15, 0.2) is 90.1 Å². The minimum atomic E-state index is -0.470. The topological polar surface area (TPSA) is 81.1 Å². The SMILES string of the molecule is COc1ccccc1NC(=O)C1Sc2nnc(-c3ccccc3)n2NC1c1ccccc1. The number of amides is 1. The molecule has 0 fully saturated rings. The lowest BCUT2D eigenvalue weighted by Crippen LogP contribution is -2.41. The van der Waals surface area contributed by atoms with E-state index in [4.69, 9.17) is 4.74 Å². The molecule has 2 N–H and O–H groups in total. The van der Waals surface area contributed by atoms with Gasteiger partial charge in [-0.25, -0.2) is 4.68 Å². The van der Waals surface area contributed by atoms with Gasteiger partial charge in [0.25, 0.3) is 0 Å². The Morgan fingerprint density at radius 2 is 1.66 bits per heavy atom. The predicted octanol–water partition coefficient (Wildman–Crippen LogP) is 4.35. The van der Waals surface area contributed by atoms with Crippen molar-refractivity contribution in [2.75, 3.05) is 17.9 Å². The van der Waals surface area contributed by atoms with Gasteiger partial charge < -0.3 is 15.5 Å². The number of methoxy groups -OCH3 is 1. The molecule has 1 aliphatic heterocycles. The summed E-state index contributed by atoms with van der Waals surface area (Å²) in [6.45, 7) is 0. The molecule has 5 rings (SSSR count). The molecule has 4 aromatic rings. The van der Waals surface area contributed by atoms with Crippen molar-refractivity contribution in [1.29, 1.82) is 0 Å². The summed E-state index contributed by atoms with van der Waals surface area (Å²) in [5, 5.41) is 11.9. The molecular formula is C24H21N5O2S. The summed E-state index contributed by atoms with van der Waals surface area (Å²) in [5.74, 6) is 1.18. The molecule has 0 aliphatic carbocycles. The summed E-state index contributed by atoms with van der Waals surface area (Å²) >= 11 is 1.39. The zero-order valence-corrected chi connectivity index (χ0v) is 18.1. The number of carbonyl (C=O) groups excluding carboxylic acids is 1. The number of aromatic nitrogens is 3. The van der Waals surface area contributed by atoms with E-state index in [1.165, 1.54) is 11.8 Å². The van der Waals surface area contributed by atoms with E-state index in [1.807, 2.05) is 89.6 Å². The van der Waals surface area contributed by atoms with Crippen LogP contribution >= 0.6 is 11.8 Å². The summed E-state index contributed by atoms with van der Waals surface area (Å²) in [6, 6.07) is 26.9. The smallest absolute Gasteiger partial charge is 0.240 e. The number of benzene rings is 3. The highest BCUT2D eigenvalue weighted by molar-refractivity contribution is 8.00. The van der Waals surface area contributed by atoms with E-state index in [0.717, 1.165) is 11.1 Å². The second kappa shape index (κ2) is 8.76. The molecule has 3 aromatic carbocycles. The number of ether oxygens (including phenoxy) is 1. The van der Waals surface area contributed by atoms with Crippen LogP contribution in [-0.4, -0.2) is 33.1 Å². The van der Waals surface area contributed by atoms with Gasteiger partial charge in [-0.2, -0.15) is 0 Å². The third kappa shape index (κ3) is 3.80. The first kappa shape index (κ1) is 20.1. The largest absolute Gasteiger partial charge is 0.495 e. The van der Waals surface area contributed by atoms with Crippen LogP contribution in [0.3, 0.4) is 0 Å². The molecule has 1 aliphatic rings. The first-order valence-electron chi connectivity index (χ1n) is 10.2. The number of hydrogen-bond acceptors (Lipinski definition) is 6. The van der Waals surface area contributed by atoms with Crippen molar-refractivity contribution >= 4 is 23.4 Å². The molecule has 2 heterocycles. The fraction of sp³-hybridized carbons (Fsp3) is 0.125. The van der Waals surface area contributed by atoms with Crippen LogP contribution in [0.4, 0.5) is 5.69 Å². The summed E-state index contributed by atoms with van der Waals surface area (Å²) in [6.07, 6.45) is 0. The lowest BCUT2D eigenvalue weighted by molar-refractivity contribution is -0.116. The minimum Gasteiger partial charge on any atom is -0.495 e. The average molecular weight is 444 g/mol. The Morgan fingerprint density at radius 3 is 2.41 bits per heavy atom. The molecule has 8 heteroatoms. The van der Waals surface area contributed by atoms with Crippen LogP contribution in [0.5, 0.6) is 5.75 Å². The maximum absolute atomic E-state index is 13.4. The van der Waals surface area contributed by atoms with E-state index in [9.17, 15) is 4.79 Å². The van der Waals surface area contributed by atoms with E-state index in [1.54, 1.807) is 7.11 Å². The van der Waals surface area contributed by atoms with E-state index in [0.29, 0.717) is 22.4 Å². The number of carbonyl (C=O) groups is 1. The Hall–Kier alpha value is -3.78. The highest BCUT2D eigenvalue weighted by atomic mass is 32.2. The minimum absolute atomic E-state index is 0.142. The molecule has 7 nitrogen and oxygen atoms in total. The van der Waals surface area contributed by atoms with Crippen molar-refractivity contribution in [2.45, 2.75) is 16.4 Å². The molecule has 2 atom stereocenters. The van der Waals surface area contributed by atoms with Gasteiger partial charge in [0, 0.05) is 5.56 Å². The van der Waals surface area contributed by atoms with Crippen molar-refractivity contribution in [3.63, 3.8) is 0 Å². The Labute approximate surface area is 189 Å². The summed E-state index contributed by atoms with van der Waals surface area (Å²) in [7, 11) is 1.59. The van der Waals surface area contributed by atoms with Crippen LogP contribution in [0.25, 0.3) is 11.4 Å². The second-order valence-electron chi connectivity index (χ2n) is 7.25. The van der Waals surface area contributed by atoms with Gasteiger partial charge in [-0.1, -0.05) is 84.6 Å². The van der Waals surface area contributed by atoms with Gasteiger partial charge in [0.2, 0.25) is 11.1 Å². The third-order valence-corrected chi connectivity index (χ3v) is 6.47. The zero-order chi connectivity index (χ0) is 21.9. The van der Waals surface area contributed by atoms with E-state index >= 15 is 0 Å². The van der Waals surface area contributed by atoms with Crippen LogP contribution in [-0.2, 0) is 4.79 Å². The highest BCUT2D eigenvalue weighted by Gasteiger charge is 2.38. The van der Waals surface area contributed by atoms with Crippen molar-refractivity contribution < 1.29 is 9.53 Å². The van der Waals surface area contributed by atoms with E-state index in [-0.39, 0.29) is 11.9 Å². The quantitative estimate of drug-likeness (QED) is 0.477. The van der Waals surface area contributed by atoms with Gasteiger partial charge in [-0.15, -0.1) is 10.2 Å². The van der Waals surface area contributed by atoms with Crippen molar-refractivity contribution in [1.82, 2.24) is 14.9 Å². The monoisotopic (exact) mass is 443 g/mol. The average Bonchev–Trinajstić information content (AvgIpc) is 3.27. The first-order chi connectivity index (χ1) is 15.7. The second-order valence-corrected chi connectivity index (χ2v) is 8.36. The number of nitrogens with one attached hydrogen (secondary N) is 2. The Morgan fingerprint density at radius 1 is 0.969 bits per heavy atom. The number of rotatable bonds is 5. The van der Waals surface area contributed by atoms with E-state index < -0.39 is 5.25 Å². The van der Waals surface area contributed by atoms with Crippen molar-refractivity contribution in [2.24, 2.45) is 0 Å². The number of hydrogen-bond donors (Lipinski definition) is 2. The third-order valence-electron chi connectivity index (χ3n) is 5.25. The van der Waals surface area contributed by atoms with Gasteiger partial charge in [0.05, 0.1) is 18.8 Å².